The highest BCUT2D eigenvalue weighted by Gasteiger charge is 2.21. The summed E-state index contributed by atoms with van der Waals surface area (Å²) in [6.07, 6.45) is 5.42. The summed E-state index contributed by atoms with van der Waals surface area (Å²) in [5, 5.41) is 0. The fraction of sp³-hybridized carbons (Fsp3) is 0.562. The second-order valence-corrected chi connectivity index (χ2v) is 5.64. The summed E-state index contributed by atoms with van der Waals surface area (Å²) in [7, 11) is 2.14. The van der Waals surface area contributed by atoms with Crippen LogP contribution in [-0.4, -0.2) is 27.5 Å². The Morgan fingerprint density at radius 2 is 1.74 bits per heavy atom. The number of aromatic nitrogens is 2. The largest absolute Gasteiger partial charge is 0.330 e. The molecule has 1 fully saturated rings. The molecule has 0 amide bonds. The summed E-state index contributed by atoms with van der Waals surface area (Å²) in [5.74, 6) is 1.20. The van der Waals surface area contributed by atoms with Gasteiger partial charge in [0.25, 0.3) is 0 Å². The molecule has 3 nitrogen and oxygen atoms in total. The molecule has 3 rings (SSSR count). The number of aryl methyl sites for hydroxylation is 1. The molecule has 19 heavy (non-hydrogen) atoms. The number of hydrogen-bond acceptors (Lipinski definition) is 2. The number of imidazole rings is 1. The van der Waals surface area contributed by atoms with Crippen LogP contribution in [0.25, 0.3) is 11.0 Å². The van der Waals surface area contributed by atoms with Crippen molar-refractivity contribution in [2.45, 2.75) is 38.6 Å². The quantitative estimate of drug-likeness (QED) is 0.821. The second-order valence-electron chi connectivity index (χ2n) is 5.64. The third-order valence-corrected chi connectivity index (χ3v) is 4.38. The van der Waals surface area contributed by atoms with E-state index in [1.807, 2.05) is 0 Å². The summed E-state index contributed by atoms with van der Waals surface area (Å²) in [4.78, 5) is 7.43. The standard InChI is InChI=1S/C16H23N3/c1-13(19-11-7-3-4-8-12-19)16-17-14-9-5-6-10-15(14)18(16)2/h5-6,9-10,13H,3-4,7-8,11-12H2,1-2H3. The topological polar surface area (TPSA) is 21.1 Å². The van der Waals surface area contributed by atoms with E-state index >= 15 is 0 Å². The highest BCUT2D eigenvalue weighted by atomic mass is 15.2. The average molecular weight is 257 g/mol. The van der Waals surface area contributed by atoms with Gasteiger partial charge in [0, 0.05) is 7.05 Å². The zero-order valence-electron chi connectivity index (χ0n) is 12.0. The number of likely N-dealkylation sites (tertiary alicyclic amines) is 1. The van der Waals surface area contributed by atoms with Gasteiger partial charge in [-0.15, -0.1) is 0 Å². The first-order valence-electron chi connectivity index (χ1n) is 7.43. The molecule has 1 unspecified atom stereocenters. The Hall–Kier alpha value is -1.35. The maximum atomic E-state index is 4.84. The first-order valence-corrected chi connectivity index (χ1v) is 7.43. The van der Waals surface area contributed by atoms with Crippen LogP contribution in [-0.2, 0) is 7.05 Å². The molecule has 0 N–H and O–H groups in total. The smallest absolute Gasteiger partial charge is 0.126 e. The van der Waals surface area contributed by atoms with Crippen LogP contribution >= 0.6 is 0 Å². The molecule has 1 atom stereocenters. The van der Waals surface area contributed by atoms with E-state index in [1.165, 1.54) is 50.1 Å². The number of rotatable bonds is 2. The number of para-hydroxylation sites is 2. The first-order chi connectivity index (χ1) is 9.27. The van der Waals surface area contributed by atoms with Crippen molar-refractivity contribution in [1.29, 1.82) is 0 Å². The molecule has 1 aromatic carbocycles. The zero-order chi connectivity index (χ0) is 13.2. The minimum atomic E-state index is 0.412. The summed E-state index contributed by atoms with van der Waals surface area (Å²) < 4.78 is 2.25. The van der Waals surface area contributed by atoms with Crippen molar-refractivity contribution in [2.24, 2.45) is 7.05 Å². The molecule has 3 heteroatoms. The van der Waals surface area contributed by atoms with Crippen LogP contribution in [0.4, 0.5) is 0 Å². The lowest BCUT2D eigenvalue weighted by molar-refractivity contribution is 0.209. The third kappa shape index (κ3) is 2.39. The highest BCUT2D eigenvalue weighted by Crippen LogP contribution is 2.25. The van der Waals surface area contributed by atoms with Gasteiger partial charge >= 0.3 is 0 Å². The van der Waals surface area contributed by atoms with Crippen LogP contribution in [0.3, 0.4) is 0 Å². The van der Waals surface area contributed by atoms with E-state index < -0.39 is 0 Å². The van der Waals surface area contributed by atoms with E-state index in [4.69, 9.17) is 4.98 Å². The van der Waals surface area contributed by atoms with Crippen LogP contribution < -0.4 is 0 Å². The molecule has 1 aliphatic rings. The van der Waals surface area contributed by atoms with E-state index in [0.717, 1.165) is 5.52 Å². The van der Waals surface area contributed by atoms with Gasteiger partial charge in [-0.1, -0.05) is 25.0 Å². The molecule has 1 aromatic heterocycles. The molecule has 1 aliphatic heterocycles. The number of benzene rings is 1. The molecule has 0 spiro atoms. The molecule has 2 aromatic rings. The van der Waals surface area contributed by atoms with Gasteiger partial charge in [-0.05, 0) is 45.0 Å². The third-order valence-electron chi connectivity index (χ3n) is 4.38. The Morgan fingerprint density at radius 3 is 2.42 bits per heavy atom. The maximum absolute atomic E-state index is 4.84. The molecule has 0 radical (unpaired) electrons. The van der Waals surface area contributed by atoms with E-state index in [2.05, 4.69) is 47.7 Å². The normalized spacial score (nSPS) is 19.5. The Morgan fingerprint density at radius 1 is 1.05 bits per heavy atom. The van der Waals surface area contributed by atoms with E-state index in [0.29, 0.717) is 6.04 Å². The lowest BCUT2D eigenvalue weighted by Gasteiger charge is -2.27. The van der Waals surface area contributed by atoms with Crippen molar-refractivity contribution in [3.05, 3.63) is 30.1 Å². The Labute approximate surface area is 115 Å². The molecular weight excluding hydrogens is 234 g/mol. The minimum Gasteiger partial charge on any atom is -0.330 e. The van der Waals surface area contributed by atoms with E-state index in [9.17, 15) is 0 Å². The van der Waals surface area contributed by atoms with Gasteiger partial charge in [0.15, 0.2) is 0 Å². The van der Waals surface area contributed by atoms with E-state index in [-0.39, 0.29) is 0 Å². The highest BCUT2D eigenvalue weighted by molar-refractivity contribution is 5.75. The van der Waals surface area contributed by atoms with Crippen molar-refractivity contribution in [2.75, 3.05) is 13.1 Å². The number of fused-ring (bicyclic) bond motifs is 1. The van der Waals surface area contributed by atoms with Crippen LogP contribution in [0, 0.1) is 0 Å². The zero-order valence-corrected chi connectivity index (χ0v) is 12.0. The summed E-state index contributed by atoms with van der Waals surface area (Å²) in [6.45, 7) is 4.72. The van der Waals surface area contributed by atoms with Crippen molar-refractivity contribution >= 4 is 11.0 Å². The Kier molecular flexibility index (Phi) is 3.56. The average Bonchev–Trinajstić information content (AvgIpc) is 2.64. The lowest BCUT2D eigenvalue weighted by atomic mass is 10.2. The molecule has 0 bridgehead atoms. The summed E-state index contributed by atoms with van der Waals surface area (Å²) >= 11 is 0. The lowest BCUT2D eigenvalue weighted by Crippen LogP contribution is -2.29. The van der Waals surface area contributed by atoms with Gasteiger partial charge in [-0.25, -0.2) is 4.98 Å². The maximum Gasteiger partial charge on any atom is 0.126 e. The minimum absolute atomic E-state index is 0.412. The van der Waals surface area contributed by atoms with Gasteiger partial charge in [-0.3, -0.25) is 4.90 Å². The van der Waals surface area contributed by atoms with E-state index in [1.54, 1.807) is 0 Å². The molecule has 0 aliphatic carbocycles. The predicted molar refractivity (Wildman–Crippen MR) is 79.2 cm³/mol. The van der Waals surface area contributed by atoms with Gasteiger partial charge in [0.1, 0.15) is 5.82 Å². The molecule has 1 saturated heterocycles. The fourth-order valence-electron chi connectivity index (χ4n) is 3.18. The van der Waals surface area contributed by atoms with Gasteiger partial charge < -0.3 is 4.57 Å². The van der Waals surface area contributed by atoms with Gasteiger partial charge in [0.2, 0.25) is 0 Å². The van der Waals surface area contributed by atoms with Crippen LogP contribution in [0.15, 0.2) is 24.3 Å². The van der Waals surface area contributed by atoms with Crippen molar-refractivity contribution in [3.63, 3.8) is 0 Å². The molecule has 102 valence electrons. The van der Waals surface area contributed by atoms with Crippen LogP contribution in [0.2, 0.25) is 0 Å². The van der Waals surface area contributed by atoms with Crippen LogP contribution in [0.5, 0.6) is 0 Å². The molecule has 2 heterocycles. The monoisotopic (exact) mass is 257 g/mol. The van der Waals surface area contributed by atoms with Gasteiger partial charge in [0.05, 0.1) is 17.1 Å². The van der Waals surface area contributed by atoms with Crippen molar-refractivity contribution < 1.29 is 0 Å². The van der Waals surface area contributed by atoms with Gasteiger partial charge in [-0.2, -0.15) is 0 Å². The Balaban J connectivity index is 1.92. The van der Waals surface area contributed by atoms with Crippen molar-refractivity contribution in [1.82, 2.24) is 14.5 Å². The Bertz CT molecular complexity index is 550. The number of hydrogen-bond donors (Lipinski definition) is 0. The number of nitrogens with zero attached hydrogens (tertiary/aromatic N) is 3. The fourth-order valence-corrected chi connectivity index (χ4v) is 3.18. The second kappa shape index (κ2) is 5.33. The predicted octanol–water partition coefficient (Wildman–Crippen LogP) is 3.51. The molecular formula is C16H23N3. The molecule has 0 saturated carbocycles. The SMILES string of the molecule is CC(c1nc2ccccc2n1C)N1CCCCCC1. The first kappa shape index (κ1) is 12.7. The summed E-state index contributed by atoms with van der Waals surface area (Å²) in [6, 6.07) is 8.82. The van der Waals surface area contributed by atoms with Crippen molar-refractivity contribution in [3.8, 4) is 0 Å². The van der Waals surface area contributed by atoms with Crippen LogP contribution in [0.1, 0.15) is 44.5 Å². The summed E-state index contributed by atoms with van der Waals surface area (Å²) in [5.41, 5.74) is 2.35.